The Morgan fingerprint density at radius 1 is 1.20 bits per heavy atom. The predicted octanol–water partition coefficient (Wildman–Crippen LogP) is 1.64. The first kappa shape index (κ1) is 15.1. The first-order valence-electron chi connectivity index (χ1n) is 5.83. The Bertz CT molecular complexity index is 149. The number of hydrazine groups is 1. The largest absolute Gasteiger partial charge is 0.398 e. The molecule has 0 amide bonds. The maximum absolute atomic E-state index is 5.80. The number of rotatable bonds is 10. The average molecular weight is 234 g/mol. The fourth-order valence-electron chi connectivity index (χ4n) is 1.26. The molecule has 0 rings (SSSR count). The molecule has 0 saturated carbocycles. The van der Waals surface area contributed by atoms with Gasteiger partial charge in [-0.25, -0.2) is 0 Å². The lowest BCUT2D eigenvalue weighted by Gasteiger charge is -2.24. The third-order valence-electron chi connectivity index (χ3n) is 2.28. The molecule has 4 nitrogen and oxygen atoms in total. The van der Waals surface area contributed by atoms with Crippen LogP contribution in [-0.4, -0.2) is 35.4 Å². The molecule has 0 radical (unpaired) electrons. The first-order valence-corrected chi connectivity index (χ1v) is 8.35. The van der Waals surface area contributed by atoms with E-state index in [0.29, 0.717) is 0 Å². The standard InChI is InChI=1S/C10H26N2O2Si/c1-5-9-14-15(4,13-3)10-7-8-12-11-6-2/h11-12H,5-10H2,1-4H3. The van der Waals surface area contributed by atoms with E-state index in [0.717, 1.165) is 38.6 Å². The van der Waals surface area contributed by atoms with Crippen LogP contribution in [0.4, 0.5) is 0 Å². The van der Waals surface area contributed by atoms with Crippen LogP contribution < -0.4 is 10.9 Å². The fraction of sp³-hybridized carbons (Fsp3) is 1.00. The second kappa shape index (κ2) is 9.29. The monoisotopic (exact) mass is 234 g/mol. The molecule has 0 fully saturated rings. The molecular weight excluding hydrogens is 208 g/mol. The maximum Gasteiger partial charge on any atom is 0.334 e. The fourth-order valence-corrected chi connectivity index (χ4v) is 3.18. The summed E-state index contributed by atoms with van der Waals surface area (Å²) >= 11 is 0. The molecule has 92 valence electrons. The van der Waals surface area contributed by atoms with Crippen molar-refractivity contribution in [3.63, 3.8) is 0 Å². The van der Waals surface area contributed by atoms with E-state index in [9.17, 15) is 0 Å². The minimum Gasteiger partial charge on any atom is -0.398 e. The van der Waals surface area contributed by atoms with Crippen molar-refractivity contribution in [2.45, 2.75) is 39.3 Å². The van der Waals surface area contributed by atoms with E-state index < -0.39 is 8.56 Å². The van der Waals surface area contributed by atoms with E-state index in [-0.39, 0.29) is 0 Å². The lowest BCUT2D eigenvalue weighted by Crippen LogP contribution is -2.39. The van der Waals surface area contributed by atoms with E-state index in [1.54, 1.807) is 7.11 Å². The van der Waals surface area contributed by atoms with E-state index in [1.165, 1.54) is 0 Å². The van der Waals surface area contributed by atoms with Gasteiger partial charge in [-0.05, 0) is 25.4 Å². The molecular formula is C10H26N2O2Si. The number of hydrogen-bond acceptors (Lipinski definition) is 4. The van der Waals surface area contributed by atoms with Crippen LogP contribution in [-0.2, 0) is 8.85 Å². The molecule has 1 atom stereocenters. The van der Waals surface area contributed by atoms with Gasteiger partial charge in [-0.3, -0.25) is 10.9 Å². The summed E-state index contributed by atoms with van der Waals surface area (Å²) in [4.78, 5) is 0. The topological polar surface area (TPSA) is 42.5 Å². The second-order valence-electron chi connectivity index (χ2n) is 3.75. The average Bonchev–Trinajstić information content (AvgIpc) is 2.26. The summed E-state index contributed by atoms with van der Waals surface area (Å²) in [6.07, 6.45) is 2.15. The van der Waals surface area contributed by atoms with Crippen LogP contribution in [0.2, 0.25) is 12.6 Å². The SMILES string of the molecule is CCCO[Si](C)(CCCNNCC)OC. The summed E-state index contributed by atoms with van der Waals surface area (Å²) in [6, 6.07) is 1.04. The van der Waals surface area contributed by atoms with Crippen molar-refractivity contribution in [3.05, 3.63) is 0 Å². The maximum atomic E-state index is 5.80. The van der Waals surface area contributed by atoms with Gasteiger partial charge >= 0.3 is 8.56 Å². The van der Waals surface area contributed by atoms with E-state index in [4.69, 9.17) is 8.85 Å². The lowest BCUT2D eigenvalue weighted by molar-refractivity contribution is 0.203. The van der Waals surface area contributed by atoms with Crippen molar-refractivity contribution >= 4 is 8.56 Å². The van der Waals surface area contributed by atoms with Crippen molar-refractivity contribution in [1.29, 1.82) is 0 Å². The smallest absolute Gasteiger partial charge is 0.334 e. The van der Waals surface area contributed by atoms with Crippen molar-refractivity contribution in [3.8, 4) is 0 Å². The van der Waals surface area contributed by atoms with Crippen LogP contribution in [0, 0.1) is 0 Å². The van der Waals surface area contributed by atoms with Gasteiger partial charge in [-0.15, -0.1) is 0 Å². The minimum atomic E-state index is -1.87. The molecule has 0 saturated heterocycles. The van der Waals surface area contributed by atoms with E-state index >= 15 is 0 Å². The van der Waals surface area contributed by atoms with Gasteiger partial charge in [-0.2, -0.15) is 0 Å². The molecule has 0 aromatic carbocycles. The summed E-state index contributed by atoms with van der Waals surface area (Å²) in [6.45, 7) is 9.07. The van der Waals surface area contributed by atoms with Crippen LogP contribution in [0.25, 0.3) is 0 Å². The Morgan fingerprint density at radius 3 is 2.47 bits per heavy atom. The van der Waals surface area contributed by atoms with E-state index in [2.05, 4.69) is 31.2 Å². The predicted molar refractivity (Wildman–Crippen MR) is 66.0 cm³/mol. The first-order chi connectivity index (χ1) is 7.18. The summed E-state index contributed by atoms with van der Waals surface area (Å²) < 4.78 is 11.3. The Labute approximate surface area is 94.9 Å². The molecule has 15 heavy (non-hydrogen) atoms. The molecule has 0 aliphatic heterocycles. The van der Waals surface area contributed by atoms with Gasteiger partial charge in [0.15, 0.2) is 0 Å². The van der Waals surface area contributed by atoms with Gasteiger partial charge in [0.2, 0.25) is 0 Å². The number of hydrogen-bond donors (Lipinski definition) is 2. The summed E-state index contributed by atoms with van der Waals surface area (Å²) in [7, 11) is -0.109. The van der Waals surface area contributed by atoms with Gasteiger partial charge in [-0.1, -0.05) is 13.8 Å². The summed E-state index contributed by atoms with van der Waals surface area (Å²) in [5, 5.41) is 0. The second-order valence-corrected chi connectivity index (χ2v) is 7.21. The molecule has 5 heteroatoms. The van der Waals surface area contributed by atoms with Crippen LogP contribution in [0.15, 0.2) is 0 Å². The highest BCUT2D eigenvalue weighted by Gasteiger charge is 2.28. The third kappa shape index (κ3) is 7.93. The Kier molecular flexibility index (Phi) is 9.33. The molecule has 2 N–H and O–H groups in total. The van der Waals surface area contributed by atoms with Crippen LogP contribution >= 0.6 is 0 Å². The Balaban J connectivity index is 3.58. The molecule has 0 bridgehead atoms. The van der Waals surface area contributed by atoms with Gasteiger partial charge in [0.25, 0.3) is 0 Å². The van der Waals surface area contributed by atoms with Crippen molar-refractivity contribution in [2.24, 2.45) is 0 Å². The highest BCUT2D eigenvalue weighted by atomic mass is 28.4. The van der Waals surface area contributed by atoms with Crippen LogP contribution in [0.5, 0.6) is 0 Å². The van der Waals surface area contributed by atoms with Gasteiger partial charge in [0, 0.05) is 26.8 Å². The van der Waals surface area contributed by atoms with Gasteiger partial charge in [0.05, 0.1) is 0 Å². The molecule has 0 spiro atoms. The molecule has 0 aliphatic rings. The number of nitrogens with one attached hydrogen (secondary N) is 2. The van der Waals surface area contributed by atoms with Gasteiger partial charge < -0.3 is 8.85 Å². The lowest BCUT2D eigenvalue weighted by atomic mass is 10.5. The Hall–Kier alpha value is 0.0569. The molecule has 0 heterocycles. The third-order valence-corrected chi connectivity index (χ3v) is 5.22. The quantitative estimate of drug-likeness (QED) is 0.342. The Morgan fingerprint density at radius 2 is 1.93 bits per heavy atom. The zero-order valence-corrected chi connectivity index (χ0v) is 11.6. The zero-order valence-electron chi connectivity index (χ0n) is 10.6. The van der Waals surface area contributed by atoms with Crippen LogP contribution in [0.1, 0.15) is 26.7 Å². The summed E-state index contributed by atoms with van der Waals surface area (Å²) in [5.74, 6) is 0. The zero-order chi connectivity index (χ0) is 11.6. The van der Waals surface area contributed by atoms with Crippen molar-refractivity contribution in [1.82, 2.24) is 10.9 Å². The van der Waals surface area contributed by atoms with Gasteiger partial charge in [0.1, 0.15) is 0 Å². The van der Waals surface area contributed by atoms with Crippen molar-refractivity contribution < 1.29 is 8.85 Å². The molecule has 0 aromatic heterocycles. The molecule has 1 unspecified atom stereocenters. The van der Waals surface area contributed by atoms with Crippen LogP contribution in [0.3, 0.4) is 0 Å². The molecule has 0 aromatic rings. The summed E-state index contributed by atoms with van der Waals surface area (Å²) in [5.41, 5.74) is 6.23. The normalized spacial score (nSPS) is 15.2. The highest BCUT2D eigenvalue weighted by molar-refractivity contribution is 6.65. The van der Waals surface area contributed by atoms with E-state index in [1.807, 2.05) is 0 Å². The molecule has 0 aliphatic carbocycles. The minimum absolute atomic E-state index is 0.817. The highest BCUT2D eigenvalue weighted by Crippen LogP contribution is 2.14. The van der Waals surface area contributed by atoms with Crippen molar-refractivity contribution in [2.75, 3.05) is 26.8 Å².